The maximum atomic E-state index is 11.6. The number of amides is 1. The number of carbonyl (C=O) groups is 2. The third-order valence-electron chi connectivity index (χ3n) is 2.57. The van der Waals surface area contributed by atoms with Crippen molar-refractivity contribution in [3.8, 4) is 0 Å². The van der Waals surface area contributed by atoms with Gasteiger partial charge in [0.05, 0.1) is 17.8 Å². The van der Waals surface area contributed by atoms with Gasteiger partial charge < -0.3 is 15.7 Å². The van der Waals surface area contributed by atoms with Crippen LogP contribution >= 0.6 is 11.6 Å². The van der Waals surface area contributed by atoms with E-state index in [0.29, 0.717) is 10.7 Å². The van der Waals surface area contributed by atoms with Crippen molar-refractivity contribution in [3.63, 3.8) is 0 Å². The van der Waals surface area contributed by atoms with E-state index in [9.17, 15) is 9.59 Å². The van der Waals surface area contributed by atoms with Gasteiger partial charge in [-0.25, -0.2) is 0 Å². The molecule has 0 saturated heterocycles. The minimum atomic E-state index is -1.02. The van der Waals surface area contributed by atoms with Crippen LogP contribution in [0.3, 0.4) is 0 Å². The second-order valence-electron chi connectivity index (χ2n) is 3.93. The monoisotopic (exact) mass is 254 g/mol. The Labute approximate surface area is 103 Å². The molecule has 1 aliphatic heterocycles. The van der Waals surface area contributed by atoms with Crippen LogP contribution in [0.4, 0.5) is 11.4 Å². The van der Waals surface area contributed by atoms with E-state index < -0.39 is 12.0 Å². The topological polar surface area (TPSA) is 78.4 Å². The van der Waals surface area contributed by atoms with Crippen LogP contribution in [-0.4, -0.2) is 23.0 Å². The highest BCUT2D eigenvalue weighted by atomic mass is 35.5. The van der Waals surface area contributed by atoms with E-state index in [1.54, 1.807) is 12.1 Å². The predicted octanol–water partition coefficient (Wildman–Crippen LogP) is 1.86. The van der Waals surface area contributed by atoms with Crippen molar-refractivity contribution in [2.75, 3.05) is 10.6 Å². The molecule has 1 aliphatic rings. The number of carboxylic acids is 1. The molecule has 0 bridgehead atoms. The van der Waals surface area contributed by atoms with Crippen LogP contribution in [0.5, 0.6) is 0 Å². The van der Waals surface area contributed by atoms with Gasteiger partial charge in [0, 0.05) is 5.02 Å². The molecule has 17 heavy (non-hydrogen) atoms. The first-order chi connectivity index (χ1) is 7.97. The van der Waals surface area contributed by atoms with Crippen LogP contribution in [0.1, 0.15) is 12.0 Å². The number of rotatable bonds is 2. The Kier molecular flexibility index (Phi) is 2.93. The van der Waals surface area contributed by atoms with E-state index in [2.05, 4.69) is 10.6 Å². The van der Waals surface area contributed by atoms with E-state index in [1.165, 1.54) is 0 Å². The van der Waals surface area contributed by atoms with Gasteiger partial charge in [0.15, 0.2) is 0 Å². The number of aliphatic carboxylic acids is 1. The third kappa shape index (κ3) is 2.34. The Bertz CT molecular complexity index is 502. The van der Waals surface area contributed by atoms with Gasteiger partial charge >= 0.3 is 5.97 Å². The molecule has 90 valence electrons. The van der Waals surface area contributed by atoms with Crippen LogP contribution < -0.4 is 10.6 Å². The molecule has 5 nitrogen and oxygen atoms in total. The standard InChI is InChI=1S/C11H11ClN2O3/c1-5-2-6(12)3-7-10(5)13-8(4-9(15)16)11(17)14-7/h2-3,8,13H,4H2,1H3,(H,14,17)(H,15,16). The fourth-order valence-electron chi connectivity index (χ4n) is 1.81. The largest absolute Gasteiger partial charge is 0.481 e. The van der Waals surface area contributed by atoms with Gasteiger partial charge in [-0.2, -0.15) is 0 Å². The van der Waals surface area contributed by atoms with Crippen molar-refractivity contribution in [2.45, 2.75) is 19.4 Å². The summed E-state index contributed by atoms with van der Waals surface area (Å²) in [5, 5.41) is 14.8. The molecule has 1 aromatic rings. The molecule has 3 N–H and O–H groups in total. The summed E-state index contributed by atoms with van der Waals surface area (Å²) >= 11 is 5.88. The van der Waals surface area contributed by atoms with Crippen molar-refractivity contribution in [1.29, 1.82) is 0 Å². The quantitative estimate of drug-likeness (QED) is 0.753. The lowest BCUT2D eigenvalue weighted by atomic mass is 10.1. The lowest BCUT2D eigenvalue weighted by Gasteiger charge is -2.27. The smallest absolute Gasteiger partial charge is 0.305 e. The predicted molar refractivity (Wildman–Crippen MR) is 64.5 cm³/mol. The van der Waals surface area contributed by atoms with E-state index in [4.69, 9.17) is 16.7 Å². The first-order valence-electron chi connectivity index (χ1n) is 5.06. The molecule has 0 aliphatic carbocycles. The first kappa shape index (κ1) is 11.7. The Balaban J connectivity index is 2.34. The molecular weight excluding hydrogens is 244 g/mol. The van der Waals surface area contributed by atoms with Crippen LogP contribution in [0.15, 0.2) is 12.1 Å². The average molecular weight is 255 g/mol. The molecule has 0 spiro atoms. The van der Waals surface area contributed by atoms with Crippen molar-refractivity contribution in [2.24, 2.45) is 0 Å². The highest BCUT2D eigenvalue weighted by molar-refractivity contribution is 6.31. The molecule has 0 fully saturated rings. The van der Waals surface area contributed by atoms with Crippen molar-refractivity contribution < 1.29 is 14.7 Å². The van der Waals surface area contributed by atoms with Crippen LogP contribution in [0.2, 0.25) is 5.02 Å². The number of fused-ring (bicyclic) bond motifs is 1. The molecule has 0 saturated carbocycles. The van der Waals surface area contributed by atoms with Crippen molar-refractivity contribution >= 4 is 34.9 Å². The summed E-state index contributed by atoms with van der Waals surface area (Å²) < 4.78 is 0. The van der Waals surface area contributed by atoms with Gasteiger partial charge in [-0.1, -0.05) is 11.6 Å². The molecular formula is C11H11ClN2O3. The summed E-state index contributed by atoms with van der Waals surface area (Å²) in [6, 6.07) is 2.63. The maximum absolute atomic E-state index is 11.6. The van der Waals surface area contributed by atoms with Gasteiger partial charge in [0.1, 0.15) is 6.04 Å². The van der Waals surface area contributed by atoms with Gasteiger partial charge in [-0.05, 0) is 24.6 Å². The van der Waals surface area contributed by atoms with Crippen molar-refractivity contribution in [1.82, 2.24) is 0 Å². The normalized spacial score (nSPS) is 18.0. The summed E-state index contributed by atoms with van der Waals surface area (Å²) in [6.45, 7) is 1.84. The number of hydrogen-bond donors (Lipinski definition) is 3. The zero-order valence-corrected chi connectivity index (χ0v) is 9.84. The summed E-state index contributed by atoms with van der Waals surface area (Å²) in [6.07, 6.45) is -0.257. The lowest BCUT2D eigenvalue weighted by molar-refractivity contribution is -0.138. The number of carboxylic acid groups (broad SMARTS) is 1. The fourth-order valence-corrected chi connectivity index (χ4v) is 2.08. The SMILES string of the molecule is Cc1cc(Cl)cc2c1NC(CC(=O)O)C(=O)N2. The number of hydrogen-bond acceptors (Lipinski definition) is 3. The second kappa shape index (κ2) is 4.25. The first-order valence-corrected chi connectivity index (χ1v) is 5.44. The van der Waals surface area contributed by atoms with Gasteiger partial charge in [-0.15, -0.1) is 0 Å². The molecule has 0 radical (unpaired) electrons. The summed E-state index contributed by atoms with van der Waals surface area (Å²) in [7, 11) is 0. The Morgan fingerprint density at radius 3 is 2.88 bits per heavy atom. The summed E-state index contributed by atoms with van der Waals surface area (Å²) in [4.78, 5) is 22.3. The van der Waals surface area contributed by atoms with Crippen LogP contribution in [0.25, 0.3) is 0 Å². The van der Waals surface area contributed by atoms with E-state index >= 15 is 0 Å². The highest BCUT2D eigenvalue weighted by Gasteiger charge is 2.28. The molecule has 1 aromatic carbocycles. The number of nitrogens with one attached hydrogen (secondary N) is 2. The molecule has 1 unspecified atom stereocenters. The number of anilines is 2. The number of carbonyl (C=O) groups excluding carboxylic acids is 1. The van der Waals surface area contributed by atoms with Crippen LogP contribution in [-0.2, 0) is 9.59 Å². The Morgan fingerprint density at radius 1 is 1.53 bits per heavy atom. The Morgan fingerprint density at radius 2 is 2.24 bits per heavy atom. The average Bonchev–Trinajstić information content (AvgIpc) is 2.19. The zero-order chi connectivity index (χ0) is 12.6. The summed E-state index contributed by atoms with van der Waals surface area (Å²) in [5.74, 6) is -1.38. The maximum Gasteiger partial charge on any atom is 0.305 e. The van der Waals surface area contributed by atoms with E-state index in [-0.39, 0.29) is 12.3 Å². The van der Waals surface area contributed by atoms with Crippen LogP contribution in [0, 0.1) is 6.92 Å². The van der Waals surface area contributed by atoms with Gasteiger partial charge in [0.25, 0.3) is 0 Å². The molecule has 6 heteroatoms. The minimum absolute atomic E-state index is 0.257. The third-order valence-corrected chi connectivity index (χ3v) is 2.79. The summed E-state index contributed by atoms with van der Waals surface area (Å²) in [5.41, 5.74) is 2.17. The molecule has 2 rings (SSSR count). The molecule has 1 heterocycles. The number of aryl methyl sites for hydroxylation is 1. The van der Waals surface area contributed by atoms with E-state index in [1.807, 2.05) is 6.92 Å². The lowest BCUT2D eigenvalue weighted by Crippen LogP contribution is -2.40. The number of benzene rings is 1. The highest BCUT2D eigenvalue weighted by Crippen LogP contribution is 2.33. The zero-order valence-electron chi connectivity index (χ0n) is 9.08. The van der Waals surface area contributed by atoms with Crippen molar-refractivity contribution in [3.05, 3.63) is 22.7 Å². The van der Waals surface area contributed by atoms with Gasteiger partial charge in [-0.3, -0.25) is 9.59 Å². The second-order valence-corrected chi connectivity index (χ2v) is 4.37. The minimum Gasteiger partial charge on any atom is -0.481 e. The Hall–Kier alpha value is -1.75. The van der Waals surface area contributed by atoms with E-state index in [0.717, 1.165) is 11.3 Å². The molecule has 1 atom stereocenters. The number of halogens is 1. The molecule has 0 aromatic heterocycles. The van der Waals surface area contributed by atoms with Gasteiger partial charge in [0.2, 0.25) is 5.91 Å². The molecule has 1 amide bonds. The fraction of sp³-hybridized carbons (Fsp3) is 0.273.